The van der Waals surface area contributed by atoms with Gasteiger partial charge in [0, 0.05) is 43.8 Å². The zero-order valence-electron chi connectivity index (χ0n) is 15.1. The Morgan fingerprint density at radius 2 is 2.11 bits per heavy atom. The van der Waals surface area contributed by atoms with E-state index in [4.69, 9.17) is 10.5 Å². The molecule has 3 amide bonds. The van der Waals surface area contributed by atoms with Gasteiger partial charge in [-0.05, 0) is 30.0 Å². The smallest absolute Gasteiger partial charge is 0.255 e. The maximum Gasteiger partial charge on any atom is 0.255 e. The van der Waals surface area contributed by atoms with Crippen molar-refractivity contribution in [3.63, 3.8) is 0 Å². The Bertz CT molecular complexity index is 781. The Kier molecular flexibility index (Phi) is 4.94. The number of benzene rings is 1. The van der Waals surface area contributed by atoms with Gasteiger partial charge >= 0.3 is 0 Å². The maximum atomic E-state index is 12.8. The van der Waals surface area contributed by atoms with Crippen LogP contribution in [0.25, 0.3) is 0 Å². The SMILES string of the molecule is N[C@@H]1COCC[C@@H]1NCc1ccc2c(c1)C(=O)N(C1CCC(=O)NC1=O)C2. The van der Waals surface area contributed by atoms with Gasteiger partial charge in [-0.15, -0.1) is 0 Å². The second-order valence-corrected chi connectivity index (χ2v) is 7.41. The van der Waals surface area contributed by atoms with Crippen LogP contribution in [0.4, 0.5) is 0 Å². The van der Waals surface area contributed by atoms with Gasteiger partial charge in [-0.25, -0.2) is 0 Å². The molecule has 0 bridgehead atoms. The lowest BCUT2D eigenvalue weighted by Gasteiger charge is -2.29. The van der Waals surface area contributed by atoms with Gasteiger partial charge in [-0.3, -0.25) is 19.7 Å². The molecule has 144 valence electrons. The summed E-state index contributed by atoms with van der Waals surface area (Å²) >= 11 is 0. The summed E-state index contributed by atoms with van der Waals surface area (Å²) in [6.07, 6.45) is 1.51. The van der Waals surface area contributed by atoms with Gasteiger partial charge < -0.3 is 20.7 Å². The van der Waals surface area contributed by atoms with Crippen molar-refractivity contribution in [3.05, 3.63) is 34.9 Å². The van der Waals surface area contributed by atoms with Gasteiger partial charge in [-0.1, -0.05) is 12.1 Å². The number of ether oxygens (including phenoxy) is 1. The van der Waals surface area contributed by atoms with Crippen molar-refractivity contribution >= 4 is 17.7 Å². The Balaban J connectivity index is 1.43. The molecular formula is C19H24N4O4. The highest BCUT2D eigenvalue weighted by Crippen LogP contribution is 2.28. The molecule has 4 rings (SSSR count). The molecule has 4 N–H and O–H groups in total. The first-order chi connectivity index (χ1) is 13.0. The molecule has 8 nitrogen and oxygen atoms in total. The first kappa shape index (κ1) is 18.1. The number of hydrogen-bond donors (Lipinski definition) is 3. The molecule has 0 aromatic heterocycles. The van der Waals surface area contributed by atoms with Crippen LogP contribution in [0, 0.1) is 0 Å². The van der Waals surface area contributed by atoms with Crippen LogP contribution in [0.1, 0.15) is 40.7 Å². The third-order valence-corrected chi connectivity index (χ3v) is 5.56. The van der Waals surface area contributed by atoms with Gasteiger partial charge in [0.15, 0.2) is 0 Å². The highest BCUT2D eigenvalue weighted by molar-refractivity contribution is 6.05. The van der Waals surface area contributed by atoms with E-state index in [2.05, 4.69) is 10.6 Å². The van der Waals surface area contributed by atoms with Crippen molar-refractivity contribution in [1.29, 1.82) is 0 Å². The third kappa shape index (κ3) is 3.60. The van der Waals surface area contributed by atoms with E-state index in [1.54, 1.807) is 4.90 Å². The zero-order chi connectivity index (χ0) is 19.0. The highest BCUT2D eigenvalue weighted by atomic mass is 16.5. The number of nitrogens with two attached hydrogens (primary N) is 1. The molecule has 1 unspecified atom stereocenters. The second kappa shape index (κ2) is 7.38. The predicted octanol–water partition coefficient (Wildman–Crippen LogP) is -0.347. The zero-order valence-corrected chi connectivity index (χ0v) is 15.1. The number of rotatable bonds is 4. The van der Waals surface area contributed by atoms with Crippen molar-refractivity contribution in [3.8, 4) is 0 Å². The van der Waals surface area contributed by atoms with Crippen molar-refractivity contribution in [1.82, 2.24) is 15.5 Å². The van der Waals surface area contributed by atoms with Crippen LogP contribution >= 0.6 is 0 Å². The molecule has 3 atom stereocenters. The molecule has 0 radical (unpaired) electrons. The number of nitrogens with one attached hydrogen (secondary N) is 2. The molecule has 3 aliphatic heterocycles. The third-order valence-electron chi connectivity index (χ3n) is 5.56. The van der Waals surface area contributed by atoms with Crippen molar-refractivity contribution in [2.45, 2.75) is 50.5 Å². The van der Waals surface area contributed by atoms with Crippen molar-refractivity contribution in [2.75, 3.05) is 13.2 Å². The summed E-state index contributed by atoms with van der Waals surface area (Å²) < 4.78 is 5.35. The van der Waals surface area contributed by atoms with Gasteiger partial charge in [0.25, 0.3) is 5.91 Å². The molecule has 2 saturated heterocycles. The van der Waals surface area contributed by atoms with Gasteiger partial charge in [0.2, 0.25) is 11.8 Å². The summed E-state index contributed by atoms with van der Waals surface area (Å²) in [6.45, 7) is 2.28. The maximum absolute atomic E-state index is 12.8. The molecule has 0 aliphatic carbocycles. The monoisotopic (exact) mass is 372 g/mol. The van der Waals surface area contributed by atoms with Gasteiger partial charge in [0.1, 0.15) is 6.04 Å². The lowest BCUT2D eigenvalue weighted by molar-refractivity contribution is -0.136. The fraction of sp³-hybridized carbons (Fsp3) is 0.526. The molecule has 27 heavy (non-hydrogen) atoms. The Morgan fingerprint density at radius 1 is 1.26 bits per heavy atom. The first-order valence-corrected chi connectivity index (χ1v) is 9.36. The second-order valence-electron chi connectivity index (χ2n) is 7.41. The number of amides is 3. The first-order valence-electron chi connectivity index (χ1n) is 9.36. The highest BCUT2D eigenvalue weighted by Gasteiger charge is 2.39. The summed E-state index contributed by atoms with van der Waals surface area (Å²) in [5, 5.41) is 5.77. The Labute approximate surface area is 157 Å². The van der Waals surface area contributed by atoms with Crippen LogP contribution in [0.3, 0.4) is 0 Å². The van der Waals surface area contributed by atoms with Crippen LogP contribution in [0.5, 0.6) is 0 Å². The van der Waals surface area contributed by atoms with Crippen LogP contribution in [0.2, 0.25) is 0 Å². The molecule has 0 spiro atoms. The molecule has 2 fully saturated rings. The van der Waals surface area contributed by atoms with E-state index in [1.807, 2.05) is 18.2 Å². The van der Waals surface area contributed by atoms with E-state index in [9.17, 15) is 14.4 Å². The van der Waals surface area contributed by atoms with E-state index in [-0.39, 0.29) is 36.2 Å². The summed E-state index contributed by atoms with van der Waals surface area (Å²) in [4.78, 5) is 37.9. The molecule has 8 heteroatoms. The van der Waals surface area contributed by atoms with Crippen LogP contribution in [0.15, 0.2) is 18.2 Å². The minimum absolute atomic E-state index is 0.0298. The minimum Gasteiger partial charge on any atom is -0.380 e. The molecule has 0 saturated carbocycles. The molecule has 1 aromatic carbocycles. The predicted molar refractivity (Wildman–Crippen MR) is 96.5 cm³/mol. The lowest BCUT2D eigenvalue weighted by Crippen LogP contribution is -2.52. The van der Waals surface area contributed by atoms with E-state index < -0.39 is 6.04 Å². The number of fused-ring (bicyclic) bond motifs is 1. The number of piperidine rings is 1. The largest absolute Gasteiger partial charge is 0.380 e. The molecule has 1 aromatic rings. The van der Waals surface area contributed by atoms with Crippen LogP contribution in [-0.2, 0) is 27.4 Å². The Morgan fingerprint density at radius 3 is 2.89 bits per heavy atom. The van der Waals surface area contributed by atoms with Gasteiger partial charge in [0.05, 0.1) is 6.61 Å². The molecule has 3 heterocycles. The van der Waals surface area contributed by atoms with E-state index in [1.165, 1.54) is 0 Å². The number of imide groups is 1. The summed E-state index contributed by atoms with van der Waals surface area (Å²) in [7, 11) is 0. The minimum atomic E-state index is -0.579. The van der Waals surface area contributed by atoms with Crippen LogP contribution in [-0.4, -0.2) is 54.0 Å². The lowest BCUT2D eigenvalue weighted by atomic mass is 10.0. The average Bonchev–Trinajstić information content (AvgIpc) is 2.97. The van der Waals surface area contributed by atoms with Crippen molar-refractivity contribution < 1.29 is 19.1 Å². The average molecular weight is 372 g/mol. The summed E-state index contributed by atoms with van der Waals surface area (Å²) in [6, 6.07) is 5.42. The number of carbonyl (C=O) groups excluding carboxylic acids is 3. The van der Waals surface area contributed by atoms with E-state index in [0.29, 0.717) is 38.3 Å². The topological polar surface area (TPSA) is 114 Å². The van der Waals surface area contributed by atoms with Crippen molar-refractivity contribution in [2.24, 2.45) is 5.73 Å². The van der Waals surface area contributed by atoms with E-state index >= 15 is 0 Å². The molecular weight excluding hydrogens is 348 g/mol. The number of hydrogen-bond acceptors (Lipinski definition) is 6. The van der Waals surface area contributed by atoms with Gasteiger partial charge in [-0.2, -0.15) is 0 Å². The normalized spacial score (nSPS) is 28.3. The fourth-order valence-corrected chi connectivity index (χ4v) is 3.97. The van der Waals surface area contributed by atoms with E-state index in [0.717, 1.165) is 17.5 Å². The number of carbonyl (C=O) groups is 3. The summed E-state index contributed by atoms with van der Waals surface area (Å²) in [5.41, 5.74) is 8.62. The molecule has 3 aliphatic rings. The van der Waals surface area contributed by atoms with Crippen LogP contribution < -0.4 is 16.4 Å². The quantitative estimate of drug-likeness (QED) is 0.623. The Hall–Kier alpha value is -2.29. The number of nitrogens with zero attached hydrogens (tertiary/aromatic N) is 1. The summed E-state index contributed by atoms with van der Waals surface area (Å²) in [5.74, 6) is -0.813. The fourth-order valence-electron chi connectivity index (χ4n) is 3.97. The standard InChI is InChI=1S/C19H24N4O4/c20-14-10-27-6-5-15(14)21-8-11-1-2-12-9-23(19(26)13(12)7-11)16-3-4-17(24)22-18(16)25/h1-2,7,14-16,21H,3-6,8-10,20H2,(H,22,24,25)/t14-,15+,16?/m1/s1.